The molecule has 1 fully saturated rings. The number of aromatic nitrogens is 2. The van der Waals surface area contributed by atoms with E-state index in [-0.39, 0.29) is 17.5 Å². The second kappa shape index (κ2) is 8.41. The Morgan fingerprint density at radius 1 is 1.13 bits per heavy atom. The number of nitrogens with zero attached hydrogens (tertiary/aromatic N) is 3. The van der Waals surface area contributed by atoms with Gasteiger partial charge in [-0.1, -0.05) is 6.07 Å². The molecule has 1 aliphatic rings. The van der Waals surface area contributed by atoms with E-state index in [1.54, 1.807) is 37.8 Å². The topological polar surface area (TPSA) is 73.7 Å². The summed E-state index contributed by atoms with van der Waals surface area (Å²) >= 11 is 0. The predicted molar refractivity (Wildman–Crippen MR) is 119 cm³/mol. The van der Waals surface area contributed by atoms with Gasteiger partial charge in [-0.25, -0.2) is 4.98 Å². The number of carbonyl (C=O) groups is 1. The van der Waals surface area contributed by atoms with Crippen molar-refractivity contribution in [1.82, 2.24) is 14.5 Å². The van der Waals surface area contributed by atoms with Crippen LogP contribution >= 0.6 is 0 Å². The summed E-state index contributed by atoms with van der Waals surface area (Å²) in [7, 11) is 3.22. The highest BCUT2D eigenvalue weighted by atomic mass is 16.5. The third-order valence-corrected chi connectivity index (χ3v) is 5.98. The van der Waals surface area contributed by atoms with Crippen molar-refractivity contribution in [3.8, 4) is 11.5 Å². The van der Waals surface area contributed by atoms with E-state index in [9.17, 15) is 9.59 Å². The Balaban J connectivity index is 1.69. The van der Waals surface area contributed by atoms with Crippen LogP contribution < -0.4 is 15.0 Å². The van der Waals surface area contributed by atoms with Gasteiger partial charge in [0.25, 0.3) is 11.5 Å². The summed E-state index contributed by atoms with van der Waals surface area (Å²) in [5, 5.41) is 0. The number of benzene rings is 2. The van der Waals surface area contributed by atoms with E-state index >= 15 is 0 Å². The first-order valence-electron chi connectivity index (χ1n) is 10.5. The van der Waals surface area contributed by atoms with E-state index in [1.165, 1.54) is 0 Å². The fourth-order valence-corrected chi connectivity index (χ4v) is 4.40. The van der Waals surface area contributed by atoms with Crippen LogP contribution in [0, 0.1) is 6.92 Å². The Morgan fingerprint density at radius 2 is 1.90 bits per heavy atom. The minimum atomic E-state index is -0.0952. The van der Waals surface area contributed by atoms with Crippen molar-refractivity contribution in [2.45, 2.75) is 39.3 Å². The van der Waals surface area contributed by atoms with E-state index in [0.29, 0.717) is 41.4 Å². The van der Waals surface area contributed by atoms with Gasteiger partial charge in [-0.05, 0) is 62.6 Å². The lowest BCUT2D eigenvalue weighted by Gasteiger charge is -2.26. The average molecular weight is 421 g/mol. The molecule has 0 radical (unpaired) electrons. The number of rotatable bonds is 5. The molecule has 1 aliphatic heterocycles. The van der Waals surface area contributed by atoms with Crippen molar-refractivity contribution in [3.63, 3.8) is 0 Å². The number of ether oxygens (including phenoxy) is 2. The van der Waals surface area contributed by atoms with Gasteiger partial charge < -0.3 is 18.9 Å². The molecule has 1 amide bonds. The molecule has 162 valence electrons. The molecule has 4 rings (SSSR count). The standard InChI is InChI=1S/C24H27N3O4/c1-5-26-20-10-8-17(13-18(20)25-15(2)23(26)28)24(29)27-12-6-7-19(27)16-9-11-21(30-3)22(14-16)31-4/h8-11,13-14,19H,5-7,12H2,1-4H3/t19-/m0/s1. The van der Waals surface area contributed by atoms with Gasteiger partial charge in [0.1, 0.15) is 5.69 Å². The number of aryl methyl sites for hydroxylation is 2. The first kappa shape index (κ1) is 20.9. The van der Waals surface area contributed by atoms with E-state index < -0.39 is 0 Å². The van der Waals surface area contributed by atoms with Gasteiger partial charge in [-0.3, -0.25) is 9.59 Å². The van der Waals surface area contributed by atoms with E-state index in [2.05, 4.69) is 4.98 Å². The number of amides is 1. The lowest BCUT2D eigenvalue weighted by molar-refractivity contribution is 0.0735. The third kappa shape index (κ3) is 3.65. The summed E-state index contributed by atoms with van der Waals surface area (Å²) in [4.78, 5) is 32.1. The summed E-state index contributed by atoms with van der Waals surface area (Å²) in [6.07, 6.45) is 1.83. The molecule has 0 N–H and O–H groups in total. The molecule has 0 bridgehead atoms. The summed E-state index contributed by atoms with van der Waals surface area (Å²) in [5.41, 5.74) is 3.34. The normalized spacial score (nSPS) is 16.0. The highest BCUT2D eigenvalue weighted by molar-refractivity contribution is 5.97. The number of hydrogen-bond donors (Lipinski definition) is 0. The Morgan fingerprint density at radius 3 is 2.61 bits per heavy atom. The monoisotopic (exact) mass is 421 g/mol. The quantitative estimate of drug-likeness (QED) is 0.628. The molecule has 0 unspecified atom stereocenters. The molecule has 2 aromatic carbocycles. The van der Waals surface area contributed by atoms with Crippen LogP contribution in [-0.2, 0) is 6.54 Å². The molecule has 3 aromatic rings. The fraction of sp³-hybridized carbons (Fsp3) is 0.375. The van der Waals surface area contributed by atoms with Crippen LogP contribution in [-0.4, -0.2) is 41.1 Å². The summed E-state index contributed by atoms with van der Waals surface area (Å²) in [6.45, 7) is 4.88. The van der Waals surface area contributed by atoms with Gasteiger partial charge >= 0.3 is 0 Å². The van der Waals surface area contributed by atoms with Gasteiger partial charge in [0.05, 0.1) is 31.3 Å². The van der Waals surface area contributed by atoms with Crippen molar-refractivity contribution in [1.29, 1.82) is 0 Å². The number of hydrogen-bond acceptors (Lipinski definition) is 5. The van der Waals surface area contributed by atoms with Crippen LogP contribution in [0.15, 0.2) is 41.2 Å². The highest BCUT2D eigenvalue weighted by Gasteiger charge is 2.31. The molecule has 0 saturated carbocycles. The van der Waals surface area contributed by atoms with E-state index in [1.807, 2.05) is 36.1 Å². The van der Waals surface area contributed by atoms with Crippen LogP contribution in [0.1, 0.15) is 47.4 Å². The molecule has 0 spiro atoms. The molecule has 0 aliphatic carbocycles. The fourth-order valence-electron chi connectivity index (χ4n) is 4.40. The Kier molecular flexibility index (Phi) is 5.67. The van der Waals surface area contributed by atoms with Crippen molar-refractivity contribution in [3.05, 3.63) is 63.6 Å². The van der Waals surface area contributed by atoms with Crippen LogP contribution in [0.3, 0.4) is 0 Å². The van der Waals surface area contributed by atoms with E-state index in [4.69, 9.17) is 9.47 Å². The van der Waals surface area contributed by atoms with Crippen molar-refractivity contribution in [2.75, 3.05) is 20.8 Å². The molecular formula is C24H27N3O4. The zero-order valence-corrected chi connectivity index (χ0v) is 18.3. The predicted octanol–water partition coefficient (Wildman–Crippen LogP) is 3.72. The number of fused-ring (bicyclic) bond motifs is 1. The van der Waals surface area contributed by atoms with Gasteiger partial charge in [0.15, 0.2) is 11.5 Å². The second-order valence-corrected chi connectivity index (χ2v) is 7.72. The van der Waals surface area contributed by atoms with Crippen LogP contribution in [0.5, 0.6) is 11.5 Å². The summed E-state index contributed by atoms with van der Waals surface area (Å²) in [5.74, 6) is 1.29. The molecule has 1 aromatic heterocycles. The third-order valence-electron chi connectivity index (χ3n) is 5.98. The maximum atomic E-state index is 13.4. The molecule has 7 heteroatoms. The maximum absolute atomic E-state index is 13.4. The van der Waals surface area contributed by atoms with Crippen molar-refractivity contribution in [2.24, 2.45) is 0 Å². The number of methoxy groups -OCH3 is 2. The summed E-state index contributed by atoms with van der Waals surface area (Å²) in [6, 6.07) is 11.2. The van der Waals surface area contributed by atoms with Gasteiger partial charge in [0.2, 0.25) is 0 Å². The maximum Gasteiger partial charge on any atom is 0.272 e. The molecule has 1 atom stereocenters. The SMILES string of the molecule is CCn1c(=O)c(C)nc2cc(C(=O)N3CCC[C@H]3c3ccc(OC)c(OC)c3)ccc21. The minimum absolute atomic E-state index is 0.0257. The van der Waals surface area contributed by atoms with Crippen molar-refractivity contribution < 1.29 is 14.3 Å². The molecule has 1 saturated heterocycles. The molecule has 7 nitrogen and oxygen atoms in total. The Bertz CT molecular complexity index is 1200. The smallest absolute Gasteiger partial charge is 0.272 e. The lowest BCUT2D eigenvalue weighted by atomic mass is 10.0. The minimum Gasteiger partial charge on any atom is -0.493 e. The second-order valence-electron chi connectivity index (χ2n) is 7.72. The summed E-state index contributed by atoms with van der Waals surface area (Å²) < 4.78 is 12.5. The Labute approximate surface area is 181 Å². The first-order chi connectivity index (χ1) is 15.0. The van der Waals surface area contributed by atoms with Gasteiger partial charge in [0, 0.05) is 18.7 Å². The number of carbonyl (C=O) groups excluding carboxylic acids is 1. The Hall–Kier alpha value is -3.35. The highest BCUT2D eigenvalue weighted by Crippen LogP contribution is 2.37. The molecular weight excluding hydrogens is 394 g/mol. The zero-order chi connectivity index (χ0) is 22.1. The number of likely N-dealkylation sites (tertiary alicyclic amines) is 1. The molecule has 31 heavy (non-hydrogen) atoms. The molecule has 2 heterocycles. The van der Waals surface area contributed by atoms with Gasteiger partial charge in [-0.2, -0.15) is 0 Å². The average Bonchev–Trinajstić information content (AvgIpc) is 3.28. The van der Waals surface area contributed by atoms with Crippen molar-refractivity contribution >= 4 is 16.9 Å². The van der Waals surface area contributed by atoms with Gasteiger partial charge in [-0.15, -0.1) is 0 Å². The van der Waals surface area contributed by atoms with Crippen LogP contribution in [0.2, 0.25) is 0 Å². The first-order valence-corrected chi connectivity index (χ1v) is 10.5. The zero-order valence-electron chi connectivity index (χ0n) is 18.3. The lowest BCUT2D eigenvalue weighted by Crippen LogP contribution is -2.30. The largest absolute Gasteiger partial charge is 0.493 e. The van der Waals surface area contributed by atoms with E-state index in [0.717, 1.165) is 23.9 Å². The van der Waals surface area contributed by atoms with Crippen LogP contribution in [0.4, 0.5) is 0 Å². The van der Waals surface area contributed by atoms with Crippen LogP contribution in [0.25, 0.3) is 11.0 Å².